The van der Waals surface area contributed by atoms with Gasteiger partial charge in [-0.25, -0.2) is 0 Å². The Balaban J connectivity index is 1.94. The molecule has 1 nitrogen and oxygen atoms in total. The molecule has 0 bridgehead atoms. The van der Waals surface area contributed by atoms with Crippen LogP contribution >= 0.6 is 0 Å². The Hall–Kier alpha value is -0.820. The molecule has 1 fully saturated rings. The van der Waals surface area contributed by atoms with Crippen LogP contribution in [0.4, 0.5) is 0 Å². The Morgan fingerprint density at radius 1 is 1.28 bits per heavy atom. The van der Waals surface area contributed by atoms with Crippen LogP contribution in [-0.4, -0.2) is 12.6 Å². The molecule has 1 aromatic carbocycles. The van der Waals surface area contributed by atoms with Crippen LogP contribution < -0.4 is 5.32 Å². The van der Waals surface area contributed by atoms with E-state index < -0.39 is 0 Å². The van der Waals surface area contributed by atoms with Gasteiger partial charge in [-0.05, 0) is 63.1 Å². The van der Waals surface area contributed by atoms with E-state index in [1.165, 1.54) is 49.8 Å². The fourth-order valence-corrected chi connectivity index (χ4v) is 2.64. The number of hydrogen-bond acceptors (Lipinski definition) is 1. The first-order valence-electron chi connectivity index (χ1n) is 7.48. The molecule has 1 heteroatoms. The van der Waals surface area contributed by atoms with Crippen molar-refractivity contribution in [3.05, 3.63) is 34.9 Å². The maximum absolute atomic E-state index is 3.70. The zero-order chi connectivity index (χ0) is 13.0. The predicted molar refractivity (Wildman–Crippen MR) is 79.0 cm³/mol. The van der Waals surface area contributed by atoms with Gasteiger partial charge in [-0.1, -0.05) is 37.1 Å². The van der Waals surface area contributed by atoms with Crippen molar-refractivity contribution >= 4 is 0 Å². The first kappa shape index (κ1) is 13.6. The Morgan fingerprint density at radius 2 is 2.06 bits per heavy atom. The second kappa shape index (κ2) is 6.38. The molecule has 0 aromatic heterocycles. The quantitative estimate of drug-likeness (QED) is 0.765. The molecular weight excluding hydrogens is 218 g/mol. The number of nitrogens with one attached hydrogen (secondary N) is 1. The second-order valence-corrected chi connectivity index (χ2v) is 5.97. The largest absolute Gasteiger partial charge is 0.314 e. The van der Waals surface area contributed by atoms with E-state index >= 15 is 0 Å². The van der Waals surface area contributed by atoms with Crippen LogP contribution in [0.25, 0.3) is 0 Å². The van der Waals surface area contributed by atoms with E-state index in [0.29, 0.717) is 0 Å². The van der Waals surface area contributed by atoms with Gasteiger partial charge < -0.3 is 5.32 Å². The fraction of sp³-hybridized carbons (Fsp3) is 0.647. The summed E-state index contributed by atoms with van der Waals surface area (Å²) >= 11 is 0. The average molecular weight is 245 g/mol. The number of benzene rings is 1. The van der Waals surface area contributed by atoms with Crippen molar-refractivity contribution in [2.24, 2.45) is 5.92 Å². The summed E-state index contributed by atoms with van der Waals surface area (Å²) in [7, 11) is 0. The highest BCUT2D eigenvalue weighted by Gasteiger charge is 2.21. The zero-order valence-corrected chi connectivity index (χ0v) is 12.1. The lowest BCUT2D eigenvalue weighted by molar-refractivity contribution is 0.436. The molecule has 0 saturated heterocycles. The molecule has 0 heterocycles. The van der Waals surface area contributed by atoms with Crippen LogP contribution in [0, 0.1) is 19.8 Å². The van der Waals surface area contributed by atoms with Gasteiger partial charge in [-0.2, -0.15) is 0 Å². The van der Waals surface area contributed by atoms with Crippen LogP contribution in [0.1, 0.15) is 49.3 Å². The summed E-state index contributed by atoms with van der Waals surface area (Å²) in [6.07, 6.45) is 6.65. The minimum atomic E-state index is 0.802. The highest BCUT2D eigenvalue weighted by Crippen LogP contribution is 2.22. The molecular formula is C17H27N. The van der Waals surface area contributed by atoms with Crippen molar-refractivity contribution in [1.82, 2.24) is 5.32 Å². The van der Waals surface area contributed by atoms with Crippen molar-refractivity contribution in [3.63, 3.8) is 0 Å². The lowest BCUT2D eigenvalue weighted by Gasteiger charge is -2.18. The van der Waals surface area contributed by atoms with Crippen LogP contribution in [0.2, 0.25) is 0 Å². The minimum Gasteiger partial charge on any atom is -0.314 e. The van der Waals surface area contributed by atoms with Gasteiger partial charge in [-0.3, -0.25) is 0 Å². The van der Waals surface area contributed by atoms with Gasteiger partial charge in [0.25, 0.3) is 0 Å². The molecule has 1 N–H and O–H groups in total. The topological polar surface area (TPSA) is 12.0 Å². The molecule has 0 spiro atoms. The third kappa shape index (κ3) is 4.13. The van der Waals surface area contributed by atoms with Crippen molar-refractivity contribution in [3.8, 4) is 0 Å². The Bertz CT molecular complexity index is 379. The van der Waals surface area contributed by atoms with E-state index in [1.54, 1.807) is 5.56 Å². The third-order valence-corrected chi connectivity index (χ3v) is 3.98. The maximum atomic E-state index is 3.70. The van der Waals surface area contributed by atoms with E-state index in [2.05, 4.69) is 44.3 Å². The Morgan fingerprint density at radius 3 is 2.72 bits per heavy atom. The van der Waals surface area contributed by atoms with E-state index in [9.17, 15) is 0 Å². The standard InChI is InChI=1S/C17H27N/c1-4-5-15(12-18-17-8-9-17)11-16-10-13(2)6-7-14(16)3/h6-7,10,15,17-18H,4-5,8-9,11-12H2,1-3H3. The SMILES string of the molecule is CCCC(CNC1CC1)Cc1cc(C)ccc1C. The summed E-state index contributed by atoms with van der Waals surface area (Å²) < 4.78 is 0. The molecule has 18 heavy (non-hydrogen) atoms. The molecule has 1 aliphatic carbocycles. The maximum Gasteiger partial charge on any atom is 0.00683 e. The van der Waals surface area contributed by atoms with Crippen molar-refractivity contribution in [1.29, 1.82) is 0 Å². The van der Waals surface area contributed by atoms with E-state index in [4.69, 9.17) is 0 Å². The summed E-state index contributed by atoms with van der Waals surface area (Å²) in [5.74, 6) is 0.802. The van der Waals surface area contributed by atoms with Gasteiger partial charge in [0.1, 0.15) is 0 Å². The van der Waals surface area contributed by atoms with Gasteiger partial charge in [-0.15, -0.1) is 0 Å². The number of rotatable bonds is 7. The van der Waals surface area contributed by atoms with Crippen LogP contribution in [0.15, 0.2) is 18.2 Å². The lowest BCUT2D eigenvalue weighted by atomic mass is 9.91. The van der Waals surface area contributed by atoms with Gasteiger partial charge in [0.15, 0.2) is 0 Å². The molecule has 100 valence electrons. The molecule has 0 amide bonds. The summed E-state index contributed by atoms with van der Waals surface area (Å²) in [5, 5.41) is 3.70. The first-order valence-corrected chi connectivity index (χ1v) is 7.48. The van der Waals surface area contributed by atoms with Gasteiger partial charge >= 0.3 is 0 Å². The van der Waals surface area contributed by atoms with E-state index in [0.717, 1.165) is 12.0 Å². The molecule has 0 radical (unpaired) electrons. The van der Waals surface area contributed by atoms with Crippen LogP contribution in [0.3, 0.4) is 0 Å². The normalized spacial score (nSPS) is 16.8. The Kier molecular flexibility index (Phi) is 4.82. The molecule has 0 aliphatic heterocycles. The van der Waals surface area contributed by atoms with Crippen LogP contribution in [-0.2, 0) is 6.42 Å². The fourth-order valence-electron chi connectivity index (χ4n) is 2.64. The van der Waals surface area contributed by atoms with Gasteiger partial charge in [0.05, 0.1) is 0 Å². The molecule has 1 aromatic rings. The van der Waals surface area contributed by atoms with E-state index in [-0.39, 0.29) is 0 Å². The minimum absolute atomic E-state index is 0.802. The van der Waals surface area contributed by atoms with Crippen molar-refractivity contribution in [2.45, 2.75) is 58.9 Å². The number of hydrogen-bond donors (Lipinski definition) is 1. The summed E-state index contributed by atoms with van der Waals surface area (Å²) in [5.41, 5.74) is 4.39. The molecule has 1 atom stereocenters. The summed E-state index contributed by atoms with van der Waals surface area (Å²) in [6.45, 7) is 7.94. The monoisotopic (exact) mass is 245 g/mol. The molecule has 1 aliphatic rings. The predicted octanol–water partition coefficient (Wildman–Crippen LogP) is 4.01. The number of aryl methyl sites for hydroxylation is 2. The van der Waals surface area contributed by atoms with Crippen LogP contribution in [0.5, 0.6) is 0 Å². The van der Waals surface area contributed by atoms with Gasteiger partial charge in [0.2, 0.25) is 0 Å². The molecule has 1 saturated carbocycles. The molecule has 2 rings (SSSR count). The smallest absolute Gasteiger partial charge is 0.00683 e. The van der Waals surface area contributed by atoms with E-state index in [1.807, 2.05) is 0 Å². The third-order valence-electron chi connectivity index (χ3n) is 3.98. The van der Waals surface area contributed by atoms with Crippen molar-refractivity contribution < 1.29 is 0 Å². The zero-order valence-electron chi connectivity index (χ0n) is 12.1. The Labute approximate surface area is 112 Å². The highest BCUT2D eigenvalue weighted by molar-refractivity contribution is 5.30. The lowest BCUT2D eigenvalue weighted by Crippen LogP contribution is -2.26. The van der Waals surface area contributed by atoms with Crippen molar-refractivity contribution in [2.75, 3.05) is 6.54 Å². The molecule has 1 unspecified atom stereocenters. The summed E-state index contributed by atoms with van der Waals surface area (Å²) in [6, 6.07) is 7.69. The highest BCUT2D eigenvalue weighted by atomic mass is 14.9. The van der Waals surface area contributed by atoms with Gasteiger partial charge in [0, 0.05) is 6.04 Å². The second-order valence-electron chi connectivity index (χ2n) is 5.97. The summed E-state index contributed by atoms with van der Waals surface area (Å²) in [4.78, 5) is 0. The first-order chi connectivity index (χ1) is 8.69. The average Bonchev–Trinajstić information content (AvgIpc) is 3.15.